The van der Waals surface area contributed by atoms with Crippen LogP contribution in [0.1, 0.15) is 5.56 Å². The van der Waals surface area contributed by atoms with Gasteiger partial charge in [-0.2, -0.15) is 0 Å². The van der Waals surface area contributed by atoms with Crippen LogP contribution in [-0.4, -0.2) is 17.1 Å². The fourth-order valence-corrected chi connectivity index (χ4v) is 1.23. The summed E-state index contributed by atoms with van der Waals surface area (Å²) < 4.78 is 0. The molecule has 1 atom stereocenters. The topological polar surface area (TPSA) is 49.3 Å². The van der Waals surface area contributed by atoms with Gasteiger partial charge in [0, 0.05) is 12.6 Å². The number of benzene rings is 1. The Balaban J connectivity index is 2.67. The molecular formula is C12H13NO2. The first-order valence-corrected chi connectivity index (χ1v) is 4.61. The highest BCUT2D eigenvalue weighted by Crippen LogP contribution is 2.03. The van der Waals surface area contributed by atoms with E-state index >= 15 is 0 Å². The van der Waals surface area contributed by atoms with Gasteiger partial charge in [0.2, 0.25) is 0 Å². The van der Waals surface area contributed by atoms with E-state index in [9.17, 15) is 4.79 Å². The first kappa shape index (κ1) is 11.1. The molecule has 0 aliphatic rings. The number of hydrogen-bond donors (Lipinski definition) is 2. The molecule has 15 heavy (non-hydrogen) atoms. The van der Waals surface area contributed by atoms with Gasteiger partial charge in [-0.3, -0.25) is 0 Å². The van der Waals surface area contributed by atoms with Gasteiger partial charge in [0.1, 0.15) is 6.04 Å². The number of aliphatic carboxylic acids is 1. The second-order valence-electron chi connectivity index (χ2n) is 3.10. The highest BCUT2D eigenvalue weighted by Gasteiger charge is 2.15. The smallest absolute Gasteiger partial charge is 0.326 e. The van der Waals surface area contributed by atoms with Crippen molar-refractivity contribution in [2.75, 3.05) is 0 Å². The minimum Gasteiger partial charge on any atom is -0.480 e. The second-order valence-corrected chi connectivity index (χ2v) is 3.10. The summed E-state index contributed by atoms with van der Waals surface area (Å²) in [6.45, 7) is 3.36. The first-order valence-electron chi connectivity index (χ1n) is 4.61. The Morgan fingerprint density at radius 3 is 2.73 bits per heavy atom. The van der Waals surface area contributed by atoms with Crippen LogP contribution in [0, 0.1) is 0 Å². The maximum Gasteiger partial charge on any atom is 0.326 e. The van der Waals surface area contributed by atoms with Gasteiger partial charge in [-0.1, -0.05) is 36.9 Å². The van der Waals surface area contributed by atoms with E-state index in [2.05, 4.69) is 17.6 Å². The lowest BCUT2D eigenvalue weighted by Gasteiger charge is -2.11. The van der Waals surface area contributed by atoms with Crippen LogP contribution >= 0.6 is 0 Å². The monoisotopic (exact) mass is 203 g/mol. The van der Waals surface area contributed by atoms with E-state index < -0.39 is 12.0 Å². The van der Waals surface area contributed by atoms with Crippen molar-refractivity contribution in [3.05, 3.63) is 54.4 Å². The molecule has 0 saturated carbocycles. The summed E-state index contributed by atoms with van der Waals surface area (Å²) in [5, 5.41) is 11.6. The number of hydrogen-bond acceptors (Lipinski definition) is 2. The average molecular weight is 203 g/mol. The van der Waals surface area contributed by atoms with Crippen molar-refractivity contribution in [3.8, 4) is 0 Å². The third kappa shape index (κ3) is 3.71. The zero-order chi connectivity index (χ0) is 11.1. The molecule has 3 heteroatoms. The van der Waals surface area contributed by atoms with E-state index in [-0.39, 0.29) is 0 Å². The van der Waals surface area contributed by atoms with Gasteiger partial charge in [0.15, 0.2) is 0 Å². The van der Waals surface area contributed by atoms with Crippen molar-refractivity contribution in [1.82, 2.24) is 5.32 Å². The summed E-state index contributed by atoms with van der Waals surface area (Å²) >= 11 is 0. The Bertz CT molecular complexity index is 366. The van der Waals surface area contributed by atoms with Crippen LogP contribution in [0.3, 0.4) is 0 Å². The molecule has 0 saturated heterocycles. The van der Waals surface area contributed by atoms with Gasteiger partial charge in [-0.25, -0.2) is 4.79 Å². The minimum absolute atomic E-state index is 0.439. The highest BCUT2D eigenvalue weighted by atomic mass is 16.4. The minimum atomic E-state index is -0.884. The molecule has 0 amide bonds. The second kappa shape index (κ2) is 5.68. The first-order chi connectivity index (χ1) is 7.24. The SMILES string of the molecule is C=C=CN[C@@H](Cc1ccccc1)C(=O)O. The van der Waals surface area contributed by atoms with Gasteiger partial charge in [-0.05, 0) is 5.56 Å². The van der Waals surface area contributed by atoms with Crippen LogP contribution in [0.5, 0.6) is 0 Å². The van der Waals surface area contributed by atoms with Crippen LogP contribution < -0.4 is 5.32 Å². The zero-order valence-corrected chi connectivity index (χ0v) is 8.31. The Morgan fingerprint density at radius 2 is 2.20 bits per heavy atom. The summed E-state index contributed by atoms with van der Waals surface area (Å²) in [6.07, 6.45) is 1.86. The molecule has 0 aromatic heterocycles. The van der Waals surface area contributed by atoms with E-state index in [1.165, 1.54) is 6.20 Å². The molecule has 1 aromatic rings. The molecule has 0 spiro atoms. The Hall–Kier alpha value is -1.99. The van der Waals surface area contributed by atoms with Gasteiger partial charge in [0.05, 0.1) is 0 Å². The normalized spacial score (nSPS) is 11.2. The molecule has 1 aromatic carbocycles. The molecule has 0 radical (unpaired) electrons. The fourth-order valence-electron chi connectivity index (χ4n) is 1.23. The molecule has 0 unspecified atom stereocenters. The van der Waals surface area contributed by atoms with Crippen molar-refractivity contribution < 1.29 is 9.90 Å². The Kier molecular flexibility index (Phi) is 4.20. The lowest BCUT2D eigenvalue weighted by Crippen LogP contribution is -2.35. The number of nitrogens with one attached hydrogen (secondary N) is 1. The van der Waals surface area contributed by atoms with Crippen molar-refractivity contribution in [1.29, 1.82) is 0 Å². The summed E-state index contributed by atoms with van der Waals surface area (Å²) in [5.74, 6) is -0.884. The fraction of sp³-hybridized carbons (Fsp3) is 0.167. The average Bonchev–Trinajstić information content (AvgIpc) is 2.25. The van der Waals surface area contributed by atoms with E-state index in [0.29, 0.717) is 6.42 Å². The van der Waals surface area contributed by atoms with E-state index in [1.54, 1.807) is 0 Å². The summed E-state index contributed by atoms with van der Waals surface area (Å²) in [5.41, 5.74) is 3.47. The van der Waals surface area contributed by atoms with Gasteiger partial charge < -0.3 is 10.4 Å². The van der Waals surface area contributed by atoms with Crippen LogP contribution in [0.4, 0.5) is 0 Å². The summed E-state index contributed by atoms with van der Waals surface area (Å²) in [4.78, 5) is 10.9. The Labute approximate surface area is 88.7 Å². The molecule has 3 nitrogen and oxygen atoms in total. The quantitative estimate of drug-likeness (QED) is 0.714. The Morgan fingerprint density at radius 1 is 1.53 bits per heavy atom. The molecule has 78 valence electrons. The van der Waals surface area contributed by atoms with E-state index in [4.69, 9.17) is 5.11 Å². The molecule has 0 aliphatic carbocycles. The maximum atomic E-state index is 10.9. The third-order valence-corrected chi connectivity index (χ3v) is 1.97. The van der Waals surface area contributed by atoms with Crippen molar-refractivity contribution in [3.63, 3.8) is 0 Å². The van der Waals surface area contributed by atoms with Crippen LogP contribution in [-0.2, 0) is 11.2 Å². The molecule has 0 heterocycles. The lowest BCUT2D eigenvalue weighted by molar-refractivity contribution is -0.139. The van der Waals surface area contributed by atoms with E-state index in [1.807, 2.05) is 30.3 Å². The van der Waals surface area contributed by atoms with Crippen molar-refractivity contribution >= 4 is 5.97 Å². The maximum absolute atomic E-state index is 10.9. The van der Waals surface area contributed by atoms with Crippen LogP contribution in [0.25, 0.3) is 0 Å². The zero-order valence-electron chi connectivity index (χ0n) is 8.31. The largest absolute Gasteiger partial charge is 0.480 e. The van der Waals surface area contributed by atoms with Gasteiger partial charge in [0.25, 0.3) is 0 Å². The number of rotatable bonds is 5. The predicted molar refractivity (Wildman–Crippen MR) is 58.4 cm³/mol. The van der Waals surface area contributed by atoms with Gasteiger partial charge >= 0.3 is 5.97 Å². The number of carboxylic acids is 1. The lowest BCUT2D eigenvalue weighted by atomic mass is 10.1. The van der Waals surface area contributed by atoms with Crippen molar-refractivity contribution in [2.24, 2.45) is 0 Å². The van der Waals surface area contributed by atoms with Crippen LogP contribution in [0.15, 0.2) is 48.8 Å². The standard InChI is InChI=1S/C12H13NO2/c1-2-8-13-11(12(14)15)9-10-6-4-3-5-7-10/h3-8,11,13H,1,9H2,(H,14,15)/t11-/m0/s1. The number of carboxylic acid groups (broad SMARTS) is 1. The van der Waals surface area contributed by atoms with Gasteiger partial charge in [-0.15, -0.1) is 5.73 Å². The predicted octanol–water partition coefficient (Wildman–Crippen LogP) is 1.57. The molecular weight excluding hydrogens is 190 g/mol. The molecule has 0 bridgehead atoms. The molecule has 0 fully saturated rings. The molecule has 0 aliphatic heterocycles. The number of carbonyl (C=O) groups is 1. The van der Waals surface area contributed by atoms with E-state index in [0.717, 1.165) is 5.56 Å². The third-order valence-electron chi connectivity index (χ3n) is 1.97. The van der Waals surface area contributed by atoms with Crippen molar-refractivity contribution in [2.45, 2.75) is 12.5 Å². The van der Waals surface area contributed by atoms with Crippen LogP contribution in [0.2, 0.25) is 0 Å². The molecule has 2 N–H and O–H groups in total. The highest BCUT2D eigenvalue weighted by molar-refractivity contribution is 5.74. The summed E-state index contributed by atoms with van der Waals surface area (Å²) in [7, 11) is 0. The summed E-state index contributed by atoms with van der Waals surface area (Å²) in [6, 6.07) is 8.83. The molecule has 1 rings (SSSR count).